The molecule has 4 rings (SSSR count). The van der Waals surface area contributed by atoms with E-state index in [0.717, 1.165) is 24.4 Å². The fraction of sp³-hybridized carbons (Fsp3) is 0.733. The van der Waals surface area contributed by atoms with Crippen LogP contribution in [0.1, 0.15) is 37.3 Å². The summed E-state index contributed by atoms with van der Waals surface area (Å²) in [5.41, 5.74) is 1.08. The predicted octanol–water partition coefficient (Wildman–Crippen LogP) is 0.815. The largest absolute Gasteiger partial charge is 0.352 e. The first-order valence-corrected chi connectivity index (χ1v) is 9.77. The van der Waals surface area contributed by atoms with Crippen molar-refractivity contribution in [2.75, 3.05) is 38.1 Å². The lowest BCUT2D eigenvalue weighted by atomic mass is 10.1. The SMILES string of the molecule is CN(C1CN(c2ccc(C3CC3)nn2)C1)S(=O)(=O)N1CCCC1. The molecule has 3 heterocycles. The topological polar surface area (TPSA) is 69.6 Å². The van der Waals surface area contributed by atoms with E-state index < -0.39 is 10.2 Å². The van der Waals surface area contributed by atoms with Crippen molar-refractivity contribution in [2.24, 2.45) is 0 Å². The number of nitrogens with zero attached hydrogens (tertiary/aromatic N) is 5. The third kappa shape index (κ3) is 2.83. The van der Waals surface area contributed by atoms with Crippen molar-refractivity contribution in [3.63, 3.8) is 0 Å². The number of hydrogen-bond donors (Lipinski definition) is 0. The molecule has 2 saturated heterocycles. The van der Waals surface area contributed by atoms with E-state index in [9.17, 15) is 8.42 Å². The van der Waals surface area contributed by atoms with E-state index in [2.05, 4.69) is 21.2 Å². The smallest absolute Gasteiger partial charge is 0.282 e. The van der Waals surface area contributed by atoms with Crippen molar-refractivity contribution < 1.29 is 8.42 Å². The van der Waals surface area contributed by atoms with Gasteiger partial charge < -0.3 is 4.90 Å². The van der Waals surface area contributed by atoms with Crippen molar-refractivity contribution >= 4 is 16.0 Å². The second-order valence-corrected chi connectivity index (χ2v) is 8.77. The quantitative estimate of drug-likeness (QED) is 0.795. The number of hydrogen-bond acceptors (Lipinski definition) is 5. The Morgan fingerprint density at radius 3 is 2.39 bits per heavy atom. The van der Waals surface area contributed by atoms with Crippen molar-refractivity contribution in [3.8, 4) is 0 Å². The van der Waals surface area contributed by atoms with Crippen LogP contribution in [0, 0.1) is 0 Å². The molecule has 1 saturated carbocycles. The minimum Gasteiger partial charge on any atom is -0.352 e. The summed E-state index contributed by atoms with van der Waals surface area (Å²) < 4.78 is 28.2. The molecule has 126 valence electrons. The van der Waals surface area contributed by atoms with E-state index in [-0.39, 0.29) is 6.04 Å². The fourth-order valence-electron chi connectivity index (χ4n) is 3.26. The summed E-state index contributed by atoms with van der Waals surface area (Å²) in [7, 11) is -1.62. The highest BCUT2D eigenvalue weighted by atomic mass is 32.2. The van der Waals surface area contributed by atoms with E-state index in [4.69, 9.17) is 0 Å². The van der Waals surface area contributed by atoms with Gasteiger partial charge in [0.1, 0.15) is 0 Å². The molecule has 0 atom stereocenters. The monoisotopic (exact) mass is 337 g/mol. The highest BCUT2D eigenvalue weighted by Crippen LogP contribution is 2.39. The Morgan fingerprint density at radius 2 is 1.83 bits per heavy atom. The fourth-order valence-corrected chi connectivity index (χ4v) is 4.86. The zero-order valence-electron chi connectivity index (χ0n) is 13.4. The Bertz CT molecular complexity index is 662. The number of aromatic nitrogens is 2. The maximum absolute atomic E-state index is 12.5. The molecule has 1 aromatic rings. The van der Waals surface area contributed by atoms with Crippen LogP contribution >= 0.6 is 0 Å². The Kier molecular flexibility index (Phi) is 3.78. The van der Waals surface area contributed by atoms with Gasteiger partial charge in [0, 0.05) is 39.1 Å². The van der Waals surface area contributed by atoms with Gasteiger partial charge in [-0.25, -0.2) is 0 Å². The Morgan fingerprint density at radius 1 is 1.13 bits per heavy atom. The van der Waals surface area contributed by atoms with E-state index >= 15 is 0 Å². The summed E-state index contributed by atoms with van der Waals surface area (Å²) in [6.45, 7) is 2.66. The van der Waals surface area contributed by atoms with Gasteiger partial charge in [-0.05, 0) is 37.8 Å². The normalized spacial score (nSPS) is 23.5. The van der Waals surface area contributed by atoms with Gasteiger partial charge in [-0.3, -0.25) is 0 Å². The third-order valence-corrected chi connectivity index (χ3v) is 7.17. The van der Waals surface area contributed by atoms with Crippen LogP contribution in [0.4, 0.5) is 5.82 Å². The highest BCUT2D eigenvalue weighted by molar-refractivity contribution is 7.86. The Labute approximate surface area is 137 Å². The molecule has 3 fully saturated rings. The molecular weight excluding hydrogens is 314 g/mol. The molecule has 7 nitrogen and oxygen atoms in total. The van der Waals surface area contributed by atoms with Gasteiger partial charge in [0.2, 0.25) is 0 Å². The molecule has 0 N–H and O–H groups in total. The highest BCUT2D eigenvalue weighted by Gasteiger charge is 2.40. The lowest BCUT2D eigenvalue weighted by Gasteiger charge is -2.44. The van der Waals surface area contributed by atoms with Crippen LogP contribution in [-0.4, -0.2) is 66.5 Å². The minimum absolute atomic E-state index is 0.0190. The summed E-state index contributed by atoms with van der Waals surface area (Å²) in [6.07, 6.45) is 4.37. The van der Waals surface area contributed by atoms with E-state index in [1.54, 1.807) is 11.4 Å². The summed E-state index contributed by atoms with van der Waals surface area (Å²) in [6, 6.07) is 4.08. The van der Waals surface area contributed by atoms with E-state index in [1.165, 1.54) is 17.1 Å². The average Bonchev–Trinajstić information content (AvgIpc) is 3.19. The summed E-state index contributed by atoms with van der Waals surface area (Å²) in [5.74, 6) is 1.45. The first-order chi connectivity index (χ1) is 11.1. The van der Waals surface area contributed by atoms with Crippen LogP contribution in [-0.2, 0) is 10.2 Å². The molecule has 8 heteroatoms. The van der Waals surface area contributed by atoms with Crippen molar-refractivity contribution in [2.45, 2.75) is 37.6 Å². The first-order valence-electron chi connectivity index (χ1n) is 8.37. The molecule has 1 aromatic heterocycles. The third-order valence-electron chi connectivity index (χ3n) is 5.12. The molecule has 23 heavy (non-hydrogen) atoms. The Hall–Kier alpha value is -1.25. The van der Waals surface area contributed by atoms with Gasteiger partial charge in [0.05, 0.1) is 11.7 Å². The zero-order chi connectivity index (χ0) is 16.0. The van der Waals surface area contributed by atoms with Gasteiger partial charge in [-0.1, -0.05) is 0 Å². The number of anilines is 1. The summed E-state index contributed by atoms with van der Waals surface area (Å²) in [5, 5.41) is 8.59. The summed E-state index contributed by atoms with van der Waals surface area (Å²) >= 11 is 0. The van der Waals surface area contributed by atoms with Gasteiger partial charge in [0.15, 0.2) is 5.82 Å². The lowest BCUT2D eigenvalue weighted by molar-refractivity contribution is 0.287. The maximum atomic E-state index is 12.5. The lowest BCUT2D eigenvalue weighted by Crippen LogP contribution is -2.61. The molecule has 3 aliphatic rings. The first kappa shape index (κ1) is 15.3. The zero-order valence-corrected chi connectivity index (χ0v) is 14.2. The molecule has 2 aliphatic heterocycles. The Balaban J connectivity index is 1.36. The average molecular weight is 337 g/mol. The second kappa shape index (κ2) is 5.68. The number of likely N-dealkylation sites (N-methyl/N-ethyl adjacent to an activating group) is 1. The molecule has 0 bridgehead atoms. The van der Waals surface area contributed by atoms with Crippen molar-refractivity contribution in [3.05, 3.63) is 17.8 Å². The molecule has 0 spiro atoms. The van der Waals surface area contributed by atoms with Crippen molar-refractivity contribution in [1.82, 2.24) is 18.8 Å². The standard InChI is InChI=1S/C15H23N5O2S/c1-18(23(21,22)20-8-2-3-9-20)13-10-19(11-13)15-7-6-14(16-17-15)12-4-5-12/h6-7,12-13H,2-5,8-11H2,1H3. The van der Waals surface area contributed by atoms with Crippen LogP contribution in [0.2, 0.25) is 0 Å². The van der Waals surface area contributed by atoms with Gasteiger partial charge in [-0.2, -0.15) is 22.1 Å². The summed E-state index contributed by atoms with van der Waals surface area (Å²) in [4.78, 5) is 2.09. The van der Waals surface area contributed by atoms with Crippen LogP contribution < -0.4 is 4.90 Å². The van der Waals surface area contributed by atoms with Gasteiger partial charge in [-0.15, -0.1) is 5.10 Å². The van der Waals surface area contributed by atoms with Gasteiger partial charge in [0.25, 0.3) is 10.2 Å². The van der Waals surface area contributed by atoms with Crippen molar-refractivity contribution in [1.29, 1.82) is 0 Å². The molecule has 0 aromatic carbocycles. The van der Waals surface area contributed by atoms with Crippen LogP contribution in [0.5, 0.6) is 0 Å². The maximum Gasteiger partial charge on any atom is 0.282 e. The molecule has 1 aliphatic carbocycles. The van der Waals surface area contributed by atoms with Crippen LogP contribution in [0.15, 0.2) is 12.1 Å². The molecule has 0 radical (unpaired) electrons. The van der Waals surface area contributed by atoms with Gasteiger partial charge >= 0.3 is 0 Å². The van der Waals surface area contributed by atoms with E-state index in [0.29, 0.717) is 32.1 Å². The number of rotatable bonds is 5. The molecular formula is C15H23N5O2S. The van der Waals surface area contributed by atoms with E-state index in [1.807, 2.05) is 6.07 Å². The van der Waals surface area contributed by atoms with Crippen LogP contribution in [0.25, 0.3) is 0 Å². The predicted molar refractivity (Wildman–Crippen MR) is 87.5 cm³/mol. The minimum atomic E-state index is -3.31. The van der Waals surface area contributed by atoms with Crippen LogP contribution in [0.3, 0.4) is 0 Å². The second-order valence-electron chi connectivity index (χ2n) is 6.78. The molecule has 0 amide bonds. The molecule has 0 unspecified atom stereocenters.